The van der Waals surface area contributed by atoms with E-state index in [0.29, 0.717) is 11.4 Å². The second-order valence-electron chi connectivity index (χ2n) is 6.58. The number of hydrogen-bond acceptors (Lipinski definition) is 8. The van der Waals surface area contributed by atoms with E-state index in [1.165, 1.54) is 35.6 Å². The number of aryl methyl sites for hydroxylation is 1. The minimum Gasteiger partial charge on any atom is -0.462 e. The van der Waals surface area contributed by atoms with Gasteiger partial charge in [0.15, 0.2) is 6.61 Å². The monoisotopic (exact) mass is 482 g/mol. The highest BCUT2D eigenvalue weighted by atomic mass is 32.2. The van der Waals surface area contributed by atoms with Crippen molar-refractivity contribution in [3.63, 3.8) is 0 Å². The molecule has 1 amide bonds. The van der Waals surface area contributed by atoms with Crippen LogP contribution in [-0.2, 0) is 30.7 Å². The van der Waals surface area contributed by atoms with E-state index in [4.69, 9.17) is 9.47 Å². The minimum absolute atomic E-state index is 0.00997. The van der Waals surface area contributed by atoms with Crippen molar-refractivity contribution in [3.8, 4) is 0 Å². The lowest BCUT2D eigenvalue weighted by atomic mass is 10.1. The van der Waals surface area contributed by atoms with Crippen LogP contribution in [0.5, 0.6) is 0 Å². The molecule has 174 valence electrons. The summed E-state index contributed by atoms with van der Waals surface area (Å²) in [7, 11) is -3.74. The van der Waals surface area contributed by atoms with Crippen molar-refractivity contribution in [1.82, 2.24) is 4.72 Å². The standard InChI is InChI=1S/C21H26N2O7S2/c1-5-16-13(4)18(21(26)29-7-3)19(31-16)23-17(24)12-30-20(25)14-9-8-10-15(11-14)32(27,28)22-6-2/h8-11,22H,5-7,12H2,1-4H3,(H,23,24). The Morgan fingerprint density at radius 2 is 1.78 bits per heavy atom. The van der Waals surface area contributed by atoms with Crippen LogP contribution >= 0.6 is 11.3 Å². The van der Waals surface area contributed by atoms with Crippen molar-refractivity contribution in [1.29, 1.82) is 0 Å². The van der Waals surface area contributed by atoms with E-state index in [2.05, 4.69) is 10.0 Å². The van der Waals surface area contributed by atoms with Crippen molar-refractivity contribution in [2.75, 3.05) is 25.1 Å². The van der Waals surface area contributed by atoms with Gasteiger partial charge in [0.05, 0.1) is 22.6 Å². The highest BCUT2D eigenvalue weighted by Crippen LogP contribution is 2.34. The predicted molar refractivity (Wildman–Crippen MR) is 121 cm³/mol. The summed E-state index contributed by atoms with van der Waals surface area (Å²) in [6.07, 6.45) is 0.680. The molecule has 0 spiro atoms. The van der Waals surface area contributed by atoms with Gasteiger partial charge < -0.3 is 14.8 Å². The molecule has 32 heavy (non-hydrogen) atoms. The normalized spacial score (nSPS) is 11.1. The zero-order valence-electron chi connectivity index (χ0n) is 18.3. The smallest absolute Gasteiger partial charge is 0.341 e. The number of ether oxygens (including phenoxy) is 2. The summed E-state index contributed by atoms with van der Waals surface area (Å²) in [5.74, 6) is -2.02. The van der Waals surface area contributed by atoms with Gasteiger partial charge >= 0.3 is 11.9 Å². The number of carbonyl (C=O) groups excluding carboxylic acids is 3. The third-order valence-electron chi connectivity index (χ3n) is 4.35. The number of rotatable bonds is 10. The largest absolute Gasteiger partial charge is 0.462 e. The third-order valence-corrected chi connectivity index (χ3v) is 7.24. The fraction of sp³-hybridized carbons (Fsp3) is 0.381. The highest BCUT2D eigenvalue weighted by Gasteiger charge is 2.23. The van der Waals surface area contributed by atoms with E-state index < -0.39 is 34.5 Å². The average molecular weight is 483 g/mol. The summed E-state index contributed by atoms with van der Waals surface area (Å²) in [6, 6.07) is 5.32. The van der Waals surface area contributed by atoms with E-state index in [1.54, 1.807) is 20.8 Å². The van der Waals surface area contributed by atoms with Crippen LogP contribution in [0.1, 0.15) is 51.9 Å². The lowest BCUT2D eigenvalue weighted by molar-refractivity contribution is -0.119. The Morgan fingerprint density at radius 1 is 1.06 bits per heavy atom. The third kappa shape index (κ3) is 6.15. The molecule has 0 aliphatic heterocycles. The molecule has 0 fully saturated rings. The van der Waals surface area contributed by atoms with Crippen LogP contribution in [0.25, 0.3) is 0 Å². The van der Waals surface area contributed by atoms with E-state index in [9.17, 15) is 22.8 Å². The number of amides is 1. The van der Waals surface area contributed by atoms with Crippen LogP contribution in [0.4, 0.5) is 5.00 Å². The molecule has 9 nitrogen and oxygen atoms in total. The Labute approximate surface area is 191 Å². The summed E-state index contributed by atoms with van der Waals surface area (Å²) in [5.41, 5.74) is 1.01. The Balaban J connectivity index is 2.10. The maximum atomic E-state index is 12.4. The summed E-state index contributed by atoms with van der Waals surface area (Å²) in [4.78, 5) is 37.8. The molecule has 0 saturated heterocycles. The molecule has 0 aliphatic rings. The molecule has 1 aromatic carbocycles. The summed E-state index contributed by atoms with van der Waals surface area (Å²) >= 11 is 1.26. The molecule has 0 atom stereocenters. The van der Waals surface area contributed by atoms with Gasteiger partial charge in [-0.15, -0.1) is 11.3 Å². The quantitative estimate of drug-likeness (QED) is 0.498. The molecule has 2 rings (SSSR count). The molecule has 0 radical (unpaired) electrons. The van der Waals surface area contributed by atoms with Crippen LogP contribution in [0.3, 0.4) is 0 Å². The lowest BCUT2D eigenvalue weighted by Gasteiger charge is -2.09. The molecule has 0 unspecified atom stereocenters. The Hall–Kier alpha value is -2.76. The Bertz CT molecular complexity index is 1110. The molecule has 2 N–H and O–H groups in total. The second-order valence-corrected chi connectivity index (χ2v) is 9.45. The van der Waals surface area contributed by atoms with Gasteiger partial charge in [-0.1, -0.05) is 19.9 Å². The van der Waals surface area contributed by atoms with E-state index in [0.717, 1.165) is 10.4 Å². The van der Waals surface area contributed by atoms with Crippen molar-refractivity contribution in [2.24, 2.45) is 0 Å². The first-order valence-electron chi connectivity index (χ1n) is 10.0. The number of anilines is 1. The first kappa shape index (κ1) is 25.5. The van der Waals surface area contributed by atoms with Gasteiger partial charge in [0, 0.05) is 11.4 Å². The average Bonchev–Trinajstić information content (AvgIpc) is 3.07. The number of carbonyl (C=O) groups is 3. The molecule has 1 aromatic heterocycles. The van der Waals surface area contributed by atoms with E-state index >= 15 is 0 Å². The second kappa shape index (κ2) is 11.2. The Kier molecular flexibility index (Phi) is 8.93. The van der Waals surface area contributed by atoms with Gasteiger partial charge in [-0.25, -0.2) is 22.7 Å². The van der Waals surface area contributed by atoms with Crippen LogP contribution in [-0.4, -0.2) is 46.0 Å². The molecule has 0 bridgehead atoms. The highest BCUT2D eigenvalue weighted by molar-refractivity contribution is 7.89. The zero-order chi connectivity index (χ0) is 23.9. The van der Waals surface area contributed by atoms with Crippen molar-refractivity contribution in [2.45, 2.75) is 39.0 Å². The van der Waals surface area contributed by atoms with E-state index in [-0.39, 0.29) is 29.2 Å². The maximum Gasteiger partial charge on any atom is 0.341 e. The zero-order valence-corrected chi connectivity index (χ0v) is 19.9. The number of hydrogen-bond donors (Lipinski definition) is 2. The SMILES string of the molecule is CCNS(=O)(=O)c1cccc(C(=O)OCC(=O)Nc2sc(CC)c(C)c2C(=O)OCC)c1. The maximum absolute atomic E-state index is 12.4. The summed E-state index contributed by atoms with van der Waals surface area (Å²) in [6.45, 7) is 6.84. The van der Waals surface area contributed by atoms with Gasteiger partial charge in [-0.2, -0.15) is 0 Å². The van der Waals surface area contributed by atoms with Crippen molar-refractivity contribution < 1.29 is 32.3 Å². The summed E-state index contributed by atoms with van der Waals surface area (Å²) < 4.78 is 36.6. The number of benzene rings is 1. The topological polar surface area (TPSA) is 128 Å². The number of esters is 2. The fourth-order valence-corrected chi connectivity index (χ4v) is 5.11. The number of thiophene rings is 1. The molecule has 2 aromatic rings. The number of sulfonamides is 1. The minimum atomic E-state index is -3.74. The van der Waals surface area contributed by atoms with Gasteiger partial charge in [0.1, 0.15) is 5.00 Å². The van der Waals surface area contributed by atoms with Crippen molar-refractivity contribution >= 4 is 44.2 Å². The van der Waals surface area contributed by atoms with Crippen LogP contribution in [0.15, 0.2) is 29.2 Å². The van der Waals surface area contributed by atoms with Gasteiger partial charge in [0.2, 0.25) is 10.0 Å². The molecular weight excluding hydrogens is 456 g/mol. The number of nitrogens with one attached hydrogen (secondary N) is 2. The van der Waals surface area contributed by atoms with Crippen LogP contribution in [0.2, 0.25) is 0 Å². The van der Waals surface area contributed by atoms with Crippen molar-refractivity contribution in [3.05, 3.63) is 45.8 Å². The van der Waals surface area contributed by atoms with Gasteiger partial charge in [-0.3, -0.25) is 4.79 Å². The lowest BCUT2D eigenvalue weighted by Crippen LogP contribution is -2.24. The van der Waals surface area contributed by atoms with E-state index in [1.807, 2.05) is 6.92 Å². The first-order valence-corrected chi connectivity index (χ1v) is 12.3. The molecule has 0 aliphatic carbocycles. The molecule has 11 heteroatoms. The molecule has 1 heterocycles. The van der Waals surface area contributed by atoms with Crippen LogP contribution < -0.4 is 10.0 Å². The molecule has 0 saturated carbocycles. The first-order chi connectivity index (χ1) is 15.1. The van der Waals surface area contributed by atoms with Crippen LogP contribution in [0, 0.1) is 6.92 Å². The van der Waals surface area contributed by atoms with Gasteiger partial charge in [-0.05, 0) is 44.0 Å². The Morgan fingerprint density at radius 3 is 2.41 bits per heavy atom. The molecular formula is C21H26N2O7S2. The van der Waals surface area contributed by atoms with Gasteiger partial charge in [0.25, 0.3) is 5.91 Å². The summed E-state index contributed by atoms with van der Waals surface area (Å²) in [5, 5.41) is 2.93. The predicted octanol–water partition coefficient (Wildman–Crippen LogP) is 2.89. The fourth-order valence-electron chi connectivity index (χ4n) is 2.88.